The molecule has 0 aliphatic carbocycles. The normalized spacial score (nSPS) is 11.3. The van der Waals surface area contributed by atoms with E-state index in [9.17, 15) is 23.3 Å². The van der Waals surface area contributed by atoms with Gasteiger partial charge in [-0.15, -0.1) is 0 Å². The number of hydrogen-bond donors (Lipinski definition) is 0. The number of amides is 1. The maximum absolute atomic E-state index is 13.0. The number of non-ortho nitro benzene ring substituents is 1. The van der Waals surface area contributed by atoms with E-state index in [-0.39, 0.29) is 35.6 Å². The molecule has 2 aromatic rings. The molecule has 0 unspecified atom stereocenters. The molecule has 2 aromatic carbocycles. The smallest absolute Gasteiger partial charge is 0.308 e. The summed E-state index contributed by atoms with van der Waals surface area (Å²) in [6.07, 6.45) is 0. The molecule has 2 rings (SSSR count). The summed E-state index contributed by atoms with van der Waals surface area (Å²) in [5.41, 5.74) is 0.973. The standard InChI is InChI=1S/C20H24N2O6S/c1-4-29(26,27)28-19-7-5-6-16(12-19)14-21(13-15(2)3)20(23)17-8-10-18(11-9-17)22(24)25/h5-12,15H,4,13-14H2,1-3H3. The lowest BCUT2D eigenvalue weighted by Crippen LogP contribution is -2.33. The molecule has 0 radical (unpaired) electrons. The first-order valence-corrected chi connectivity index (χ1v) is 10.7. The van der Waals surface area contributed by atoms with Crippen molar-refractivity contribution in [2.24, 2.45) is 5.92 Å². The maximum atomic E-state index is 13.0. The molecule has 0 fully saturated rings. The van der Waals surface area contributed by atoms with E-state index < -0.39 is 15.0 Å². The lowest BCUT2D eigenvalue weighted by atomic mass is 10.1. The third kappa shape index (κ3) is 6.56. The van der Waals surface area contributed by atoms with E-state index in [4.69, 9.17) is 4.18 Å². The van der Waals surface area contributed by atoms with Gasteiger partial charge < -0.3 is 9.08 Å². The second kappa shape index (κ2) is 9.51. The average molecular weight is 420 g/mol. The van der Waals surface area contributed by atoms with Gasteiger partial charge in [0.15, 0.2) is 0 Å². The van der Waals surface area contributed by atoms with Gasteiger partial charge in [0, 0.05) is 30.8 Å². The first-order chi connectivity index (χ1) is 13.6. The molecule has 8 nitrogen and oxygen atoms in total. The van der Waals surface area contributed by atoms with Crippen LogP contribution in [0.5, 0.6) is 5.75 Å². The minimum atomic E-state index is -3.64. The third-order valence-electron chi connectivity index (χ3n) is 4.05. The third-order valence-corrected chi connectivity index (χ3v) is 5.20. The van der Waals surface area contributed by atoms with E-state index >= 15 is 0 Å². The number of carbonyl (C=O) groups excluding carboxylic acids is 1. The largest absolute Gasteiger partial charge is 0.382 e. The predicted molar refractivity (Wildman–Crippen MR) is 109 cm³/mol. The second-order valence-electron chi connectivity index (χ2n) is 6.96. The molecule has 0 saturated carbocycles. The minimum Gasteiger partial charge on any atom is -0.382 e. The van der Waals surface area contributed by atoms with Crippen LogP contribution in [0.4, 0.5) is 5.69 Å². The van der Waals surface area contributed by atoms with Gasteiger partial charge in [-0.05, 0) is 42.7 Å². The minimum absolute atomic E-state index is 0.0843. The zero-order chi connectivity index (χ0) is 21.6. The number of benzene rings is 2. The molecule has 0 N–H and O–H groups in total. The van der Waals surface area contributed by atoms with Crippen LogP contribution >= 0.6 is 0 Å². The number of nitro groups is 1. The fraction of sp³-hybridized carbons (Fsp3) is 0.350. The Bertz CT molecular complexity index is 971. The van der Waals surface area contributed by atoms with Gasteiger partial charge in [-0.25, -0.2) is 0 Å². The summed E-state index contributed by atoms with van der Waals surface area (Å²) >= 11 is 0. The topological polar surface area (TPSA) is 107 Å². The zero-order valence-corrected chi connectivity index (χ0v) is 17.4. The molecular formula is C20H24N2O6S. The molecule has 0 aliphatic rings. The molecule has 156 valence electrons. The summed E-state index contributed by atoms with van der Waals surface area (Å²) in [7, 11) is -3.64. The predicted octanol–water partition coefficient (Wildman–Crippen LogP) is 3.62. The Morgan fingerprint density at radius 3 is 2.38 bits per heavy atom. The van der Waals surface area contributed by atoms with Crippen LogP contribution in [-0.2, 0) is 16.7 Å². The van der Waals surface area contributed by atoms with Gasteiger partial charge in [0.2, 0.25) is 0 Å². The molecule has 29 heavy (non-hydrogen) atoms. The molecule has 1 amide bonds. The highest BCUT2D eigenvalue weighted by Crippen LogP contribution is 2.20. The fourth-order valence-electron chi connectivity index (χ4n) is 2.69. The van der Waals surface area contributed by atoms with Crippen molar-refractivity contribution in [1.82, 2.24) is 4.90 Å². The maximum Gasteiger partial charge on any atom is 0.308 e. The van der Waals surface area contributed by atoms with Gasteiger partial charge in [0.05, 0.1) is 10.7 Å². The van der Waals surface area contributed by atoms with Crippen molar-refractivity contribution in [2.75, 3.05) is 12.3 Å². The second-order valence-corrected chi connectivity index (χ2v) is 8.82. The molecular weight excluding hydrogens is 396 g/mol. The number of nitrogens with zero attached hydrogens (tertiary/aromatic N) is 2. The van der Waals surface area contributed by atoms with Crippen molar-refractivity contribution in [3.05, 3.63) is 69.8 Å². The molecule has 0 aromatic heterocycles. The molecule has 0 spiro atoms. The lowest BCUT2D eigenvalue weighted by molar-refractivity contribution is -0.384. The Morgan fingerprint density at radius 2 is 1.83 bits per heavy atom. The van der Waals surface area contributed by atoms with E-state index in [1.54, 1.807) is 29.2 Å². The summed E-state index contributed by atoms with van der Waals surface area (Å²) in [4.78, 5) is 24.9. The lowest BCUT2D eigenvalue weighted by Gasteiger charge is -2.25. The van der Waals surface area contributed by atoms with Crippen LogP contribution in [0.1, 0.15) is 36.7 Å². The van der Waals surface area contributed by atoms with Crippen LogP contribution in [-0.4, -0.2) is 36.4 Å². The summed E-state index contributed by atoms with van der Waals surface area (Å²) in [5.74, 6) is -0.0235. The van der Waals surface area contributed by atoms with E-state index in [1.807, 2.05) is 13.8 Å². The van der Waals surface area contributed by atoms with E-state index in [2.05, 4.69) is 0 Å². The van der Waals surface area contributed by atoms with E-state index in [0.717, 1.165) is 0 Å². The number of nitro benzene ring substituents is 1. The summed E-state index contributed by atoms with van der Waals surface area (Å²) < 4.78 is 28.4. The van der Waals surface area contributed by atoms with Gasteiger partial charge in [-0.2, -0.15) is 8.42 Å². The molecule has 0 aliphatic heterocycles. The van der Waals surface area contributed by atoms with Crippen molar-refractivity contribution in [2.45, 2.75) is 27.3 Å². The van der Waals surface area contributed by atoms with Crippen LogP contribution in [0.25, 0.3) is 0 Å². The van der Waals surface area contributed by atoms with Crippen molar-refractivity contribution in [3.8, 4) is 5.75 Å². The van der Waals surface area contributed by atoms with Crippen molar-refractivity contribution in [1.29, 1.82) is 0 Å². The van der Waals surface area contributed by atoms with Gasteiger partial charge in [0.25, 0.3) is 11.6 Å². The van der Waals surface area contributed by atoms with Gasteiger partial charge in [-0.1, -0.05) is 26.0 Å². The quantitative estimate of drug-likeness (QED) is 0.348. The fourth-order valence-corrected chi connectivity index (χ4v) is 3.20. The van der Waals surface area contributed by atoms with Crippen molar-refractivity contribution in [3.63, 3.8) is 0 Å². The van der Waals surface area contributed by atoms with Crippen molar-refractivity contribution < 1.29 is 22.3 Å². The Labute approximate surface area is 170 Å². The summed E-state index contributed by atoms with van der Waals surface area (Å²) in [5, 5.41) is 10.8. The first kappa shape index (κ1) is 22.4. The number of rotatable bonds is 9. The van der Waals surface area contributed by atoms with Crippen LogP contribution in [0, 0.1) is 16.0 Å². The molecule has 0 saturated heterocycles. The molecule has 9 heteroatoms. The average Bonchev–Trinajstić information content (AvgIpc) is 2.66. The molecule has 0 bridgehead atoms. The van der Waals surface area contributed by atoms with Crippen LogP contribution in [0.2, 0.25) is 0 Å². The van der Waals surface area contributed by atoms with E-state index in [1.165, 1.54) is 31.2 Å². The highest BCUT2D eigenvalue weighted by Gasteiger charge is 2.19. The monoisotopic (exact) mass is 420 g/mol. The van der Waals surface area contributed by atoms with Crippen LogP contribution in [0.15, 0.2) is 48.5 Å². The Hall–Kier alpha value is -2.94. The van der Waals surface area contributed by atoms with Gasteiger partial charge in [-0.3, -0.25) is 14.9 Å². The van der Waals surface area contributed by atoms with Crippen LogP contribution in [0.3, 0.4) is 0 Å². The Morgan fingerprint density at radius 1 is 1.17 bits per heavy atom. The highest BCUT2D eigenvalue weighted by molar-refractivity contribution is 7.87. The summed E-state index contributed by atoms with van der Waals surface area (Å²) in [6, 6.07) is 12.0. The molecule has 0 heterocycles. The highest BCUT2D eigenvalue weighted by atomic mass is 32.2. The number of carbonyl (C=O) groups is 1. The van der Waals surface area contributed by atoms with Gasteiger partial charge in [0.1, 0.15) is 5.75 Å². The Kier molecular flexibility index (Phi) is 7.33. The summed E-state index contributed by atoms with van der Waals surface area (Å²) in [6.45, 7) is 6.16. The van der Waals surface area contributed by atoms with Crippen LogP contribution < -0.4 is 4.18 Å². The number of hydrogen-bond acceptors (Lipinski definition) is 6. The van der Waals surface area contributed by atoms with E-state index in [0.29, 0.717) is 17.7 Å². The zero-order valence-electron chi connectivity index (χ0n) is 16.6. The molecule has 0 atom stereocenters. The Balaban J connectivity index is 2.24. The first-order valence-electron chi connectivity index (χ1n) is 9.16. The van der Waals surface area contributed by atoms with Crippen molar-refractivity contribution >= 4 is 21.7 Å². The SMILES string of the molecule is CCS(=O)(=O)Oc1cccc(CN(CC(C)C)C(=O)c2ccc([N+](=O)[O-])cc2)c1. The van der Waals surface area contributed by atoms with Gasteiger partial charge >= 0.3 is 10.1 Å².